The van der Waals surface area contributed by atoms with Crippen LogP contribution in [0.5, 0.6) is 0 Å². The number of hydrogen-bond acceptors (Lipinski definition) is 4. The largest absolute Gasteiger partial charge is 0.444 e. The van der Waals surface area contributed by atoms with Crippen LogP contribution >= 0.6 is 0 Å². The normalized spacial score (nSPS) is 14.6. The molecule has 7 nitrogen and oxygen atoms in total. The number of amides is 2. The zero-order chi connectivity index (χ0) is 21.9. The molecule has 9 heteroatoms. The molecule has 2 heterocycles. The highest BCUT2D eigenvalue weighted by Gasteiger charge is 2.29. The Bertz CT molecular complexity index is 967. The molecule has 0 saturated heterocycles. The van der Waals surface area contributed by atoms with Gasteiger partial charge in [-0.15, -0.1) is 0 Å². The minimum absolute atomic E-state index is 0.167. The molecule has 2 N–H and O–H groups in total. The summed E-state index contributed by atoms with van der Waals surface area (Å²) in [6, 6.07) is 5.73. The van der Waals surface area contributed by atoms with Crippen LogP contribution in [0, 0.1) is 5.82 Å². The summed E-state index contributed by atoms with van der Waals surface area (Å²) in [5.74, 6) is -0.595. The number of nitrogens with zero attached hydrogens (tertiary/aromatic N) is 3. The number of halogens is 2. The Kier molecular flexibility index (Phi) is 6.19. The second-order valence-electron chi connectivity index (χ2n) is 7.82. The first-order valence-electron chi connectivity index (χ1n) is 9.59. The molecule has 0 bridgehead atoms. The van der Waals surface area contributed by atoms with Crippen LogP contribution in [0.1, 0.15) is 42.7 Å². The molecule has 0 unspecified atom stereocenters. The van der Waals surface area contributed by atoms with Crippen LogP contribution in [0.4, 0.5) is 19.3 Å². The van der Waals surface area contributed by atoms with Gasteiger partial charge in [0.25, 0.3) is 5.91 Å². The number of nitrogens with two attached hydrogens (primary N) is 1. The van der Waals surface area contributed by atoms with Gasteiger partial charge in [-0.05, 0) is 56.5 Å². The Morgan fingerprint density at radius 3 is 2.67 bits per heavy atom. The van der Waals surface area contributed by atoms with Crippen LogP contribution in [0.25, 0.3) is 0 Å². The van der Waals surface area contributed by atoms with Crippen LogP contribution in [-0.2, 0) is 17.7 Å². The molecule has 30 heavy (non-hydrogen) atoms. The maximum absolute atomic E-state index is 13.4. The molecule has 1 aromatic carbocycles. The molecule has 0 fully saturated rings. The number of carbonyl (C=O) groups excluding carboxylic acids is 2. The van der Waals surface area contributed by atoms with Gasteiger partial charge in [0, 0.05) is 24.8 Å². The number of primary amides is 1. The average Bonchev–Trinajstić information content (AvgIpc) is 3.09. The molecule has 160 valence electrons. The highest BCUT2D eigenvalue weighted by atomic mass is 19.1. The number of ether oxygens (including phenoxy) is 1. The lowest BCUT2D eigenvalue weighted by molar-refractivity contribution is 0.0391. The average molecular weight is 418 g/mol. The van der Waals surface area contributed by atoms with E-state index in [0.29, 0.717) is 54.7 Å². The summed E-state index contributed by atoms with van der Waals surface area (Å²) in [6.45, 7) is 3.99. The topological polar surface area (TPSA) is 90.4 Å². The number of anilines is 1. The summed E-state index contributed by atoms with van der Waals surface area (Å²) in [5, 5.41) is 4.42. The first-order chi connectivity index (χ1) is 14.2. The predicted octanol–water partition coefficient (Wildman–Crippen LogP) is 3.73. The summed E-state index contributed by atoms with van der Waals surface area (Å²) >= 11 is 0. The molecule has 2 amide bonds. The van der Waals surface area contributed by atoms with E-state index in [2.05, 4.69) is 5.10 Å². The summed E-state index contributed by atoms with van der Waals surface area (Å²) in [5.41, 5.74) is 6.38. The van der Waals surface area contributed by atoms with E-state index in [1.165, 1.54) is 16.8 Å². The molecule has 1 aliphatic rings. The Morgan fingerprint density at radius 1 is 1.33 bits per heavy atom. The molecule has 0 radical (unpaired) electrons. The standard InChI is InChI=1S/C21H24F2N4O3/c1-21(2,30-20(24)29)9-7-14(11-22)12-26-13-17-18(25-26)8-10-27(19(17)28)16-5-3-15(23)4-6-16/h3-6,11,13H,7-10,12H2,1-2H3,(H2,24,29)/b14-11+. The minimum Gasteiger partial charge on any atom is -0.444 e. The second kappa shape index (κ2) is 8.64. The van der Waals surface area contributed by atoms with Crippen LogP contribution in [0.3, 0.4) is 0 Å². The summed E-state index contributed by atoms with van der Waals surface area (Å²) in [6.07, 6.45) is 2.48. The van der Waals surface area contributed by atoms with E-state index < -0.39 is 11.7 Å². The SMILES string of the molecule is CC(C)(CC/C(=C\F)Cn1cc2c(n1)CCN(c1ccc(F)cc1)C2=O)OC(N)=O. The second-order valence-corrected chi connectivity index (χ2v) is 7.82. The fraction of sp³-hybridized carbons (Fsp3) is 0.381. The van der Waals surface area contributed by atoms with Crippen LogP contribution < -0.4 is 10.6 Å². The third-order valence-electron chi connectivity index (χ3n) is 4.97. The fourth-order valence-corrected chi connectivity index (χ4v) is 3.40. The Labute approximate surface area is 173 Å². The first kappa shape index (κ1) is 21.5. The molecule has 3 rings (SSSR count). The van der Waals surface area contributed by atoms with Crippen molar-refractivity contribution >= 4 is 17.7 Å². The van der Waals surface area contributed by atoms with Crippen molar-refractivity contribution in [3.8, 4) is 0 Å². The van der Waals surface area contributed by atoms with Crippen molar-refractivity contribution in [1.82, 2.24) is 9.78 Å². The van der Waals surface area contributed by atoms with Gasteiger partial charge in [0.15, 0.2) is 0 Å². The molecule has 0 spiro atoms. The van der Waals surface area contributed by atoms with E-state index in [9.17, 15) is 18.4 Å². The first-order valence-corrected chi connectivity index (χ1v) is 9.59. The van der Waals surface area contributed by atoms with Gasteiger partial charge in [0.2, 0.25) is 0 Å². The van der Waals surface area contributed by atoms with Crippen molar-refractivity contribution in [3.63, 3.8) is 0 Å². The number of fused-ring (bicyclic) bond motifs is 1. The summed E-state index contributed by atoms with van der Waals surface area (Å²) in [7, 11) is 0. The number of aromatic nitrogens is 2. The molecule has 0 aliphatic carbocycles. The zero-order valence-corrected chi connectivity index (χ0v) is 16.9. The lowest BCUT2D eigenvalue weighted by atomic mass is 9.99. The Hall–Kier alpha value is -3.23. The van der Waals surface area contributed by atoms with Gasteiger partial charge in [-0.25, -0.2) is 13.6 Å². The van der Waals surface area contributed by atoms with Crippen molar-refractivity contribution in [3.05, 3.63) is 59.4 Å². The third-order valence-corrected chi connectivity index (χ3v) is 4.97. The molecule has 0 saturated carbocycles. The van der Waals surface area contributed by atoms with Crippen molar-refractivity contribution in [1.29, 1.82) is 0 Å². The van der Waals surface area contributed by atoms with E-state index in [4.69, 9.17) is 10.5 Å². The molecular weight excluding hydrogens is 394 g/mol. The van der Waals surface area contributed by atoms with E-state index in [0.717, 1.165) is 0 Å². The quantitative estimate of drug-likeness (QED) is 0.742. The van der Waals surface area contributed by atoms with Gasteiger partial charge in [0.1, 0.15) is 11.4 Å². The van der Waals surface area contributed by atoms with E-state index in [1.54, 1.807) is 37.1 Å². The number of hydrogen-bond donors (Lipinski definition) is 1. The highest BCUT2D eigenvalue weighted by Crippen LogP contribution is 2.25. The summed E-state index contributed by atoms with van der Waals surface area (Å²) < 4.78 is 33.1. The minimum atomic E-state index is -0.880. The van der Waals surface area contributed by atoms with Crippen molar-refractivity contribution < 1.29 is 23.1 Å². The van der Waals surface area contributed by atoms with Crippen LogP contribution in [-0.4, -0.2) is 33.9 Å². The van der Waals surface area contributed by atoms with E-state index in [1.807, 2.05) is 0 Å². The van der Waals surface area contributed by atoms with Gasteiger partial charge < -0.3 is 15.4 Å². The molecule has 0 atom stereocenters. The van der Waals surface area contributed by atoms with Gasteiger partial charge in [0.05, 0.1) is 24.1 Å². The number of carbonyl (C=O) groups is 2. The fourth-order valence-electron chi connectivity index (χ4n) is 3.40. The molecule has 2 aromatic rings. The molecular formula is C21H24F2N4O3. The highest BCUT2D eigenvalue weighted by molar-refractivity contribution is 6.07. The zero-order valence-electron chi connectivity index (χ0n) is 16.9. The lowest BCUT2D eigenvalue weighted by Crippen LogP contribution is -2.37. The maximum Gasteiger partial charge on any atom is 0.405 e. The number of allylic oxidation sites excluding steroid dienone is 1. The van der Waals surface area contributed by atoms with E-state index >= 15 is 0 Å². The maximum atomic E-state index is 13.4. The van der Waals surface area contributed by atoms with Gasteiger partial charge in [-0.2, -0.15) is 5.10 Å². The molecule has 1 aliphatic heterocycles. The van der Waals surface area contributed by atoms with Crippen molar-refractivity contribution in [2.75, 3.05) is 11.4 Å². The molecule has 1 aromatic heterocycles. The van der Waals surface area contributed by atoms with E-state index in [-0.39, 0.29) is 18.3 Å². The predicted molar refractivity (Wildman–Crippen MR) is 107 cm³/mol. The monoisotopic (exact) mass is 418 g/mol. The Balaban J connectivity index is 1.68. The van der Waals surface area contributed by atoms with Gasteiger partial charge in [-0.3, -0.25) is 9.48 Å². The van der Waals surface area contributed by atoms with Crippen molar-refractivity contribution in [2.24, 2.45) is 5.73 Å². The number of rotatable bonds is 7. The third kappa shape index (κ3) is 5.03. The lowest BCUT2D eigenvalue weighted by Gasteiger charge is -2.26. The Morgan fingerprint density at radius 2 is 2.03 bits per heavy atom. The van der Waals surface area contributed by atoms with Crippen LogP contribution in [0.2, 0.25) is 0 Å². The number of benzene rings is 1. The van der Waals surface area contributed by atoms with Gasteiger partial charge >= 0.3 is 6.09 Å². The van der Waals surface area contributed by atoms with Crippen molar-refractivity contribution in [2.45, 2.75) is 45.3 Å². The smallest absolute Gasteiger partial charge is 0.405 e. The van der Waals surface area contributed by atoms with Crippen LogP contribution in [0.15, 0.2) is 42.4 Å². The van der Waals surface area contributed by atoms with Gasteiger partial charge in [-0.1, -0.05) is 0 Å². The summed E-state index contributed by atoms with van der Waals surface area (Å²) in [4.78, 5) is 25.4.